The molecule has 0 fully saturated rings. The molecule has 3 heterocycles. The van der Waals surface area contributed by atoms with E-state index in [1.807, 2.05) is 90.5 Å². The first-order valence-electron chi connectivity index (χ1n) is 12.0. The Labute approximate surface area is 212 Å². The summed E-state index contributed by atoms with van der Waals surface area (Å²) >= 11 is 0. The fourth-order valence-electron chi connectivity index (χ4n) is 4.72. The Morgan fingerprint density at radius 1 is 0.703 bits per heavy atom. The van der Waals surface area contributed by atoms with Gasteiger partial charge in [0.15, 0.2) is 11.5 Å². The maximum atomic E-state index is 4.99. The Morgan fingerprint density at radius 2 is 1.43 bits per heavy atom. The van der Waals surface area contributed by atoms with E-state index in [-0.39, 0.29) is 0 Å². The molecule has 7 heteroatoms. The minimum absolute atomic E-state index is 0.555. The summed E-state index contributed by atoms with van der Waals surface area (Å²) in [6.45, 7) is 1.96. The number of rotatable bonds is 4. The van der Waals surface area contributed by atoms with Crippen LogP contribution in [0.25, 0.3) is 44.3 Å². The Hall–Kier alpha value is -5.17. The summed E-state index contributed by atoms with van der Waals surface area (Å²) in [7, 11) is 0. The topological polar surface area (TPSA) is 72.7 Å². The SMILES string of the molecule is Cc1nn2c(N=Nc3ccc4ccccc4c3)cnc2c2c(-c3ccccc3)n(-c3ccccc3)nc12. The highest BCUT2D eigenvalue weighted by atomic mass is 15.4. The minimum atomic E-state index is 0.555. The molecule has 3 aromatic heterocycles. The lowest BCUT2D eigenvalue weighted by Gasteiger charge is -2.08. The van der Waals surface area contributed by atoms with Crippen molar-refractivity contribution in [2.75, 3.05) is 0 Å². The monoisotopic (exact) mass is 479 g/mol. The molecule has 7 nitrogen and oxygen atoms in total. The van der Waals surface area contributed by atoms with Gasteiger partial charge in [0, 0.05) is 5.56 Å². The Bertz CT molecular complexity index is 1930. The van der Waals surface area contributed by atoms with Crippen LogP contribution in [0, 0.1) is 6.92 Å². The van der Waals surface area contributed by atoms with Gasteiger partial charge in [-0.25, -0.2) is 9.67 Å². The molecule has 7 rings (SSSR count). The number of benzene rings is 4. The molecule has 0 radical (unpaired) electrons. The number of para-hydroxylation sites is 1. The van der Waals surface area contributed by atoms with Crippen molar-refractivity contribution in [2.45, 2.75) is 6.92 Å². The lowest BCUT2D eigenvalue weighted by molar-refractivity contribution is 0.882. The number of aromatic nitrogens is 5. The van der Waals surface area contributed by atoms with Crippen molar-refractivity contribution in [2.24, 2.45) is 10.2 Å². The van der Waals surface area contributed by atoms with E-state index < -0.39 is 0 Å². The first-order chi connectivity index (χ1) is 18.3. The second kappa shape index (κ2) is 8.49. The van der Waals surface area contributed by atoms with E-state index in [1.165, 1.54) is 5.39 Å². The molecule has 0 N–H and O–H groups in total. The molecule has 0 bridgehead atoms. The summed E-state index contributed by atoms with van der Waals surface area (Å²) in [5.41, 5.74) is 6.03. The quantitative estimate of drug-likeness (QED) is 0.244. The fourth-order valence-corrected chi connectivity index (χ4v) is 4.72. The van der Waals surface area contributed by atoms with Gasteiger partial charge >= 0.3 is 0 Å². The molecule has 0 spiro atoms. The van der Waals surface area contributed by atoms with Crippen LogP contribution in [-0.4, -0.2) is 24.4 Å². The summed E-state index contributed by atoms with van der Waals surface area (Å²) in [5.74, 6) is 0.555. The van der Waals surface area contributed by atoms with Crippen molar-refractivity contribution >= 4 is 38.8 Å². The molecule has 0 atom stereocenters. The second-order valence-corrected chi connectivity index (χ2v) is 8.85. The van der Waals surface area contributed by atoms with Crippen LogP contribution in [0.1, 0.15) is 5.69 Å². The predicted molar refractivity (Wildman–Crippen MR) is 146 cm³/mol. The molecule has 37 heavy (non-hydrogen) atoms. The van der Waals surface area contributed by atoms with Gasteiger partial charge in [-0.05, 0) is 42.0 Å². The van der Waals surface area contributed by atoms with Crippen LogP contribution < -0.4 is 0 Å². The third-order valence-corrected chi connectivity index (χ3v) is 6.47. The molecule has 0 aliphatic rings. The van der Waals surface area contributed by atoms with E-state index in [0.717, 1.165) is 44.6 Å². The van der Waals surface area contributed by atoms with Crippen molar-refractivity contribution in [1.82, 2.24) is 24.4 Å². The first kappa shape index (κ1) is 21.1. The van der Waals surface area contributed by atoms with Gasteiger partial charge in [0.25, 0.3) is 0 Å². The van der Waals surface area contributed by atoms with Crippen LogP contribution in [0.15, 0.2) is 120 Å². The maximum Gasteiger partial charge on any atom is 0.196 e. The van der Waals surface area contributed by atoms with Crippen molar-refractivity contribution in [3.05, 3.63) is 115 Å². The zero-order chi connectivity index (χ0) is 24.8. The third kappa shape index (κ3) is 3.56. The third-order valence-electron chi connectivity index (χ3n) is 6.47. The summed E-state index contributed by atoms with van der Waals surface area (Å²) in [4.78, 5) is 4.74. The van der Waals surface area contributed by atoms with Gasteiger partial charge in [-0.2, -0.15) is 14.7 Å². The molecule has 0 aliphatic carbocycles. The van der Waals surface area contributed by atoms with Crippen molar-refractivity contribution < 1.29 is 0 Å². The van der Waals surface area contributed by atoms with Gasteiger partial charge in [-0.3, -0.25) is 0 Å². The smallest absolute Gasteiger partial charge is 0.196 e. The standard InChI is InChI=1S/C30H21N7/c1-20-28-27(29(22-11-4-2-5-12-22)36(35-28)25-14-6-3-7-15-25)30-31-19-26(37(30)34-20)33-32-24-17-16-21-10-8-9-13-23(21)18-24/h2-19H,1H3. The lowest BCUT2D eigenvalue weighted by Crippen LogP contribution is -1.98. The average molecular weight is 480 g/mol. The van der Waals surface area contributed by atoms with E-state index in [1.54, 1.807) is 10.7 Å². The minimum Gasteiger partial charge on any atom is -0.232 e. The number of azo groups is 1. The van der Waals surface area contributed by atoms with Crippen LogP contribution in [-0.2, 0) is 0 Å². The van der Waals surface area contributed by atoms with Gasteiger partial charge in [0.2, 0.25) is 0 Å². The molecule has 0 unspecified atom stereocenters. The van der Waals surface area contributed by atoms with Crippen LogP contribution in [0.3, 0.4) is 0 Å². The normalized spacial score (nSPS) is 11.8. The van der Waals surface area contributed by atoms with Crippen LogP contribution in [0.4, 0.5) is 11.5 Å². The molecule has 4 aromatic carbocycles. The zero-order valence-corrected chi connectivity index (χ0v) is 20.0. The zero-order valence-electron chi connectivity index (χ0n) is 20.0. The Kier molecular flexibility index (Phi) is 4.85. The first-order valence-corrected chi connectivity index (χ1v) is 12.0. The van der Waals surface area contributed by atoms with E-state index in [2.05, 4.69) is 34.5 Å². The lowest BCUT2D eigenvalue weighted by atomic mass is 10.1. The van der Waals surface area contributed by atoms with Gasteiger partial charge in [-0.1, -0.05) is 78.9 Å². The molecular formula is C30H21N7. The summed E-state index contributed by atoms with van der Waals surface area (Å²) in [6.07, 6.45) is 1.71. The van der Waals surface area contributed by atoms with E-state index in [4.69, 9.17) is 15.2 Å². The highest BCUT2D eigenvalue weighted by molar-refractivity contribution is 6.04. The van der Waals surface area contributed by atoms with Gasteiger partial charge in [-0.15, -0.1) is 10.2 Å². The molecule has 7 aromatic rings. The Morgan fingerprint density at radius 3 is 2.24 bits per heavy atom. The number of hydrogen-bond donors (Lipinski definition) is 0. The van der Waals surface area contributed by atoms with E-state index >= 15 is 0 Å². The highest BCUT2D eigenvalue weighted by Gasteiger charge is 2.22. The molecule has 0 saturated heterocycles. The maximum absolute atomic E-state index is 4.99. The van der Waals surface area contributed by atoms with Crippen LogP contribution in [0.5, 0.6) is 0 Å². The van der Waals surface area contributed by atoms with Crippen molar-refractivity contribution in [1.29, 1.82) is 0 Å². The van der Waals surface area contributed by atoms with E-state index in [0.29, 0.717) is 11.5 Å². The van der Waals surface area contributed by atoms with Crippen molar-refractivity contribution in [3.8, 4) is 16.9 Å². The van der Waals surface area contributed by atoms with Crippen LogP contribution in [0.2, 0.25) is 0 Å². The summed E-state index contributed by atoms with van der Waals surface area (Å²) in [5, 5.41) is 22.0. The summed E-state index contributed by atoms with van der Waals surface area (Å²) < 4.78 is 3.73. The highest BCUT2D eigenvalue weighted by Crippen LogP contribution is 2.35. The molecular weight excluding hydrogens is 458 g/mol. The molecule has 0 amide bonds. The number of hydrogen-bond acceptors (Lipinski definition) is 5. The van der Waals surface area contributed by atoms with Crippen molar-refractivity contribution in [3.63, 3.8) is 0 Å². The van der Waals surface area contributed by atoms with Crippen LogP contribution >= 0.6 is 0 Å². The number of nitrogens with zero attached hydrogens (tertiary/aromatic N) is 7. The number of aryl methyl sites for hydroxylation is 1. The molecule has 0 saturated carbocycles. The van der Waals surface area contributed by atoms with E-state index in [9.17, 15) is 0 Å². The summed E-state index contributed by atoms with van der Waals surface area (Å²) in [6, 6.07) is 34.6. The van der Waals surface area contributed by atoms with Gasteiger partial charge in [0.05, 0.1) is 34.3 Å². The fraction of sp³-hybridized carbons (Fsp3) is 0.0333. The predicted octanol–water partition coefficient (Wildman–Crippen LogP) is 7.61. The number of fused-ring (bicyclic) bond motifs is 4. The molecule has 176 valence electrons. The molecule has 0 aliphatic heterocycles. The average Bonchev–Trinajstić information content (AvgIpc) is 3.55. The largest absolute Gasteiger partial charge is 0.232 e. The Balaban J connectivity index is 1.43. The number of imidazole rings is 1. The van der Waals surface area contributed by atoms with Gasteiger partial charge in [0.1, 0.15) is 5.52 Å². The second-order valence-electron chi connectivity index (χ2n) is 8.85. The van der Waals surface area contributed by atoms with Gasteiger partial charge < -0.3 is 0 Å².